The van der Waals surface area contributed by atoms with Crippen molar-refractivity contribution in [2.24, 2.45) is 0 Å². The summed E-state index contributed by atoms with van der Waals surface area (Å²) in [6, 6.07) is 16.5. The minimum Gasteiger partial charge on any atom is -0.494 e. The first-order valence-corrected chi connectivity index (χ1v) is 7.42. The van der Waals surface area contributed by atoms with Crippen molar-refractivity contribution in [1.82, 2.24) is 0 Å². The average Bonchev–Trinajstić information content (AvgIpc) is 2.50. The summed E-state index contributed by atoms with van der Waals surface area (Å²) in [4.78, 5) is 0. The summed E-state index contributed by atoms with van der Waals surface area (Å²) in [6.45, 7) is 4.99. The molecule has 0 heterocycles. The fourth-order valence-electron chi connectivity index (χ4n) is 2.27. The van der Waals surface area contributed by atoms with Gasteiger partial charge in [-0.2, -0.15) is 0 Å². The van der Waals surface area contributed by atoms with Crippen molar-refractivity contribution in [1.29, 1.82) is 0 Å². The van der Waals surface area contributed by atoms with Gasteiger partial charge in [-0.15, -0.1) is 0 Å². The van der Waals surface area contributed by atoms with Crippen LogP contribution in [-0.2, 0) is 6.42 Å². The molecule has 1 unspecified atom stereocenters. The fraction of sp³-hybridized carbons (Fsp3) is 0.333. The zero-order valence-corrected chi connectivity index (χ0v) is 12.7. The second-order valence-electron chi connectivity index (χ2n) is 5.04. The molecule has 112 valence electrons. The summed E-state index contributed by atoms with van der Waals surface area (Å²) < 4.78 is 5.54. The van der Waals surface area contributed by atoms with E-state index in [0.29, 0.717) is 13.0 Å². The first-order valence-electron chi connectivity index (χ1n) is 7.42. The predicted octanol–water partition coefficient (Wildman–Crippen LogP) is 3.79. The molecular formula is C18H23NO2. The highest BCUT2D eigenvalue weighted by Gasteiger charge is 2.06. The van der Waals surface area contributed by atoms with Gasteiger partial charge in [0.15, 0.2) is 0 Å². The molecule has 0 aliphatic carbocycles. The first-order chi connectivity index (χ1) is 10.2. The van der Waals surface area contributed by atoms with E-state index in [1.807, 2.05) is 43.3 Å². The van der Waals surface area contributed by atoms with Crippen molar-refractivity contribution < 1.29 is 9.84 Å². The maximum absolute atomic E-state index is 8.93. The molecule has 0 saturated carbocycles. The van der Waals surface area contributed by atoms with E-state index in [0.717, 1.165) is 17.0 Å². The van der Waals surface area contributed by atoms with Crippen molar-refractivity contribution in [2.75, 3.05) is 18.5 Å². The number of benzene rings is 2. The summed E-state index contributed by atoms with van der Waals surface area (Å²) in [5.41, 5.74) is 3.42. The molecule has 0 spiro atoms. The highest BCUT2D eigenvalue weighted by Crippen LogP contribution is 2.23. The molecule has 2 rings (SSSR count). The third-order valence-corrected chi connectivity index (χ3v) is 3.41. The van der Waals surface area contributed by atoms with Gasteiger partial charge in [-0.1, -0.05) is 24.3 Å². The van der Waals surface area contributed by atoms with E-state index in [1.54, 1.807) is 0 Å². The van der Waals surface area contributed by atoms with Crippen LogP contribution in [0.25, 0.3) is 0 Å². The van der Waals surface area contributed by atoms with Crippen LogP contribution in [-0.4, -0.2) is 18.3 Å². The Morgan fingerprint density at radius 1 is 1.14 bits per heavy atom. The molecule has 21 heavy (non-hydrogen) atoms. The van der Waals surface area contributed by atoms with Crippen LogP contribution < -0.4 is 10.1 Å². The lowest BCUT2D eigenvalue weighted by atomic mass is 10.1. The number of aliphatic hydroxyl groups is 1. The smallest absolute Gasteiger partial charge is 0.119 e. The van der Waals surface area contributed by atoms with Crippen LogP contribution in [0.3, 0.4) is 0 Å². The number of anilines is 1. The van der Waals surface area contributed by atoms with Gasteiger partial charge in [-0.25, -0.2) is 0 Å². The average molecular weight is 285 g/mol. The van der Waals surface area contributed by atoms with E-state index in [9.17, 15) is 0 Å². The van der Waals surface area contributed by atoms with Gasteiger partial charge in [-0.05, 0) is 55.7 Å². The number of ether oxygens (including phenoxy) is 1. The summed E-state index contributed by atoms with van der Waals surface area (Å²) in [5, 5.41) is 12.4. The van der Waals surface area contributed by atoms with Crippen LogP contribution in [0.5, 0.6) is 5.75 Å². The van der Waals surface area contributed by atoms with Gasteiger partial charge in [0.2, 0.25) is 0 Å². The summed E-state index contributed by atoms with van der Waals surface area (Å²) in [6.07, 6.45) is 0.701. The van der Waals surface area contributed by atoms with Crippen molar-refractivity contribution in [3.8, 4) is 5.75 Å². The largest absolute Gasteiger partial charge is 0.494 e. The second kappa shape index (κ2) is 7.70. The van der Waals surface area contributed by atoms with Gasteiger partial charge in [0.1, 0.15) is 5.75 Å². The Morgan fingerprint density at radius 3 is 2.57 bits per heavy atom. The number of hydrogen-bond donors (Lipinski definition) is 2. The van der Waals surface area contributed by atoms with Crippen LogP contribution in [0.15, 0.2) is 48.5 Å². The third kappa shape index (κ3) is 4.50. The molecule has 0 amide bonds. The van der Waals surface area contributed by atoms with Gasteiger partial charge in [-0.3, -0.25) is 0 Å². The van der Waals surface area contributed by atoms with E-state index in [4.69, 9.17) is 9.84 Å². The normalized spacial score (nSPS) is 12.0. The Balaban J connectivity index is 2.03. The summed E-state index contributed by atoms with van der Waals surface area (Å²) in [5.74, 6) is 0.905. The zero-order chi connectivity index (χ0) is 15.1. The minimum atomic E-state index is 0.188. The number of rotatable bonds is 7. The summed E-state index contributed by atoms with van der Waals surface area (Å²) in [7, 11) is 0. The monoisotopic (exact) mass is 285 g/mol. The number of hydrogen-bond acceptors (Lipinski definition) is 3. The molecule has 2 aromatic carbocycles. The molecule has 0 bridgehead atoms. The van der Waals surface area contributed by atoms with Crippen LogP contribution >= 0.6 is 0 Å². The Morgan fingerprint density at radius 2 is 1.90 bits per heavy atom. The van der Waals surface area contributed by atoms with Gasteiger partial charge >= 0.3 is 0 Å². The second-order valence-corrected chi connectivity index (χ2v) is 5.04. The fourth-order valence-corrected chi connectivity index (χ4v) is 2.27. The van der Waals surface area contributed by atoms with Crippen LogP contribution in [0.2, 0.25) is 0 Å². The molecule has 3 heteroatoms. The van der Waals surface area contributed by atoms with E-state index in [2.05, 4.69) is 24.4 Å². The topological polar surface area (TPSA) is 41.5 Å². The third-order valence-electron chi connectivity index (χ3n) is 3.41. The van der Waals surface area contributed by atoms with Crippen molar-refractivity contribution >= 4 is 5.69 Å². The molecule has 1 atom stereocenters. The molecule has 2 N–H and O–H groups in total. The zero-order valence-electron chi connectivity index (χ0n) is 12.7. The lowest BCUT2D eigenvalue weighted by Gasteiger charge is -2.17. The van der Waals surface area contributed by atoms with Crippen molar-refractivity contribution in [2.45, 2.75) is 26.3 Å². The Bertz CT molecular complexity index is 551. The lowest BCUT2D eigenvalue weighted by molar-refractivity contribution is 0.299. The van der Waals surface area contributed by atoms with Crippen LogP contribution in [0, 0.1) is 0 Å². The van der Waals surface area contributed by atoms with E-state index in [1.165, 1.54) is 5.56 Å². The Labute approximate surface area is 126 Å². The highest BCUT2D eigenvalue weighted by molar-refractivity contribution is 5.47. The van der Waals surface area contributed by atoms with Crippen molar-refractivity contribution in [3.05, 3.63) is 59.7 Å². The van der Waals surface area contributed by atoms with E-state index in [-0.39, 0.29) is 12.6 Å². The maximum Gasteiger partial charge on any atom is 0.119 e. The number of aliphatic hydroxyl groups excluding tert-OH is 1. The van der Waals surface area contributed by atoms with Crippen LogP contribution in [0.1, 0.15) is 31.0 Å². The van der Waals surface area contributed by atoms with Gasteiger partial charge in [0.25, 0.3) is 0 Å². The van der Waals surface area contributed by atoms with Gasteiger partial charge in [0, 0.05) is 18.3 Å². The molecule has 0 fully saturated rings. The Hall–Kier alpha value is -2.00. The maximum atomic E-state index is 8.93. The minimum absolute atomic E-state index is 0.188. The SMILES string of the molecule is CCOc1cccc(C(C)Nc2ccc(CCO)cc2)c1. The molecule has 0 aliphatic rings. The lowest BCUT2D eigenvalue weighted by Crippen LogP contribution is -2.07. The van der Waals surface area contributed by atoms with E-state index < -0.39 is 0 Å². The molecule has 0 aromatic heterocycles. The van der Waals surface area contributed by atoms with Crippen LogP contribution in [0.4, 0.5) is 5.69 Å². The van der Waals surface area contributed by atoms with E-state index >= 15 is 0 Å². The molecule has 0 saturated heterocycles. The van der Waals surface area contributed by atoms with Gasteiger partial charge in [0.05, 0.1) is 6.61 Å². The standard InChI is InChI=1S/C18H23NO2/c1-3-21-18-6-4-5-16(13-18)14(2)19-17-9-7-15(8-10-17)11-12-20/h4-10,13-14,19-20H,3,11-12H2,1-2H3. The molecule has 0 aliphatic heterocycles. The first kappa shape index (κ1) is 15.4. The molecule has 0 radical (unpaired) electrons. The summed E-state index contributed by atoms with van der Waals surface area (Å²) >= 11 is 0. The number of nitrogens with one attached hydrogen (secondary N) is 1. The molecule has 2 aromatic rings. The molecular weight excluding hydrogens is 262 g/mol. The highest BCUT2D eigenvalue weighted by atomic mass is 16.5. The quantitative estimate of drug-likeness (QED) is 0.813. The molecule has 3 nitrogen and oxygen atoms in total. The predicted molar refractivity (Wildman–Crippen MR) is 86.9 cm³/mol. The Kier molecular flexibility index (Phi) is 5.64. The van der Waals surface area contributed by atoms with Crippen molar-refractivity contribution in [3.63, 3.8) is 0 Å². The van der Waals surface area contributed by atoms with Gasteiger partial charge < -0.3 is 15.2 Å².